The first kappa shape index (κ1) is 28.3. The predicted molar refractivity (Wildman–Crippen MR) is 164 cm³/mol. The number of hydrazine groups is 1. The van der Waals surface area contributed by atoms with Crippen molar-refractivity contribution >= 4 is 45.2 Å². The zero-order valence-electron chi connectivity index (χ0n) is 24.0. The van der Waals surface area contributed by atoms with E-state index in [0.29, 0.717) is 27.7 Å². The number of nitrogens with one attached hydrogen (secondary N) is 2. The normalized spacial score (nSPS) is 29.0. The van der Waals surface area contributed by atoms with Crippen LogP contribution in [0.15, 0.2) is 82.9 Å². The number of ether oxygens (including phenoxy) is 1. The second-order valence-corrected chi connectivity index (χ2v) is 12.9. The molecule has 3 aromatic carbocycles. The summed E-state index contributed by atoms with van der Waals surface area (Å²) >= 11 is 3.46. The molecule has 7 rings (SSSR count). The van der Waals surface area contributed by atoms with Gasteiger partial charge in [0.2, 0.25) is 11.8 Å². The number of aromatic hydroxyl groups is 1. The van der Waals surface area contributed by atoms with Crippen LogP contribution in [0.25, 0.3) is 0 Å². The lowest BCUT2D eigenvalue weighted by Gasteiger charge is -2.50. The van der Waals surface area contributed by atoms with Crippen molar-refractivity contribution in [3.63, 3.8) is 0 Å². The molecule has 44 heavy (non-hydrogen) atoms. The first-order chi connectivity index (χ1) is 21.2. The number of carbonyl (C=O) groups is 4. The van der Waals surface area contributed by atoms with Gasteiger partial charge in [-0.3, -0.25) is 29.9 Å². The van der Waals surface area contributed by atoms with Crippen LogP contribution in [0, 0.1) is 30.6 Å². The molecule has 3 aromatic rings. The SMILES string of the molecule is COc1cc([C@H]2C3=CC[C@@H]4C(=O)NC(=O)[C@@H]4[C@@H]3C[C@H]3C(=O)N(Nc4ccc(C)cc4)C(=O)[C@@]23c2ccccc2)cc(Br)c1O. The van der Waals surface area contributed by atoms with Gasteiger partial charge in [-0.25, -0.2) is 0 Å². The number of halogens is 1. The zero-order chi connectivity index (χ0) is 30.9. The molecule has 224 valence electrons. The average Bonchev–Trinajstić information content (AvgIpc) is 3.43. The quantitative estimate of drug-likeness (QED) is 0.268. The number of nitrogens with zero attached hydrogens (tertiary/aromatic N) is 1. The molecule has 0 spiro atoms. The van der Waals surface area contributed by atoms with Gasteiger partial charge in [0.15, 0.2) is 11.5 Å². The Bertz CT molecular complexity index is 1760. The van der Waals surface area contributed by atoms with E-state index in [1.165, 1.54) is 7.11 Å². The molecule has 10 heteroatoms. The predicted octanol–water partition coefficient (Wildman–Crippen LogP) is 4.74. The highest BCUT2D eigenvalue weighted by molar-refractivity contribution is 9.10. The third kappa shape index (κ3) is 3.96. The van der Waals surface area contributed by atoms with Gasteiger partial charge in [-0.1, -0.05) is 59.7 Å². The largest absolute Gasteiger partial charge is 0.503 e. The van der Waals surface area contributed by atoms with Crippen LogP contribution < -0.4 is 15.5 Å². The van der Waals surface area contributed by atoms with Crippen LogP contribution in [-0.2, 0) is 24.6 Å². The van der Waals surface area contributed by atoms with Gasteiger partial charge in [0.05, 0.1) is 40.4 Å². The fourth-order valence-corrected chi connectivity index (χ4v) is 8.41. The Morgan fingerprint density at radius 2 is 1.73 bits per heavy atom. The third-order valence-corrected chi connectivity index (χ3v) is 10.4. The first-order valence-corrected chi connectivity index (χ1v) is 15.3. The molecule has 2 heterocycles. The van der Waals surface area contributed by atoms with Crippen molar-refractivity contribution in [2.75, 3.05) is 12.5 Å². The summed E-state index contributed by atoms with van der Waals surface area (Å²) in [6.07, 6.45) is 2.53. The average molecular weight is 657 g/mol. The molecule has 2 saturated heterocycles. The monoisotopic (exact) mass is 655 g/mol. The van der Waals surface area contributed by atoms with Crippen molar-refractivity contribution in [3.05, 3.63) is 99.5 Å². The number of hydrogen-bond acceptors (Lipinski definition) is 7. The summed E-state index contributed by atoms with van der Waals surface area (Å²) in [7, 11) is 1.45. The van der Waals surface area contributed by atoms with E-state index in [1.54, 1.807) is 12.1 Å². The van der Waals surface area contributed by atoms with Crippen molar-refractivity contribution in [1.82, 2.24) is 10.3 Å². The van der Waals surface area contributed by atoms with Gasteiger partial charge in [-0.05, 0) is 77.0 Å². The minimum Gasteiger partial charge on any atom is -0.503 e. The number of hydrogen-bond donors (Lipinski definition) is 3. The van der Waals surface area contributed by atoms with Crippen LogP contribution in [-0.4, -0.2) is 40.9 Å². The van der Waals surface area contributed by atoms with Crippen molar-refractivity contribution < 1.29 is 29.0 Å². The molecule has 9 nitrogen and oxygen atoms in total. The van der Waals surface area contributed by atoms with Crippen molar-refractivity contribution in [3.8, 4) is 11.5 Å². The van der Waals surface area contributed by atoms with Crippen LogP contribution in [0.1, 0.15) is 35.4 Å². The zero-order valence-corrected chi connectivity index (χ0v) is 25.6. The molecule has 0 bridgehead atoms. The molecule has 4 aliphatic rings. The van der Waals surface area contributed by atoms with E-state index < -0.39 is 46.8 Å². The lowest BCUT2D eigenvalue weighted by Crippen LogP contribution is -2.53. The molecule has 1 saturated carbocycles. The van der Waals surface area contributed by atoms with Crippen LogP contribution in [0.4, 0.5) is 5.69 Å². The Hall–Kier alpha value is -4.44. The van der Waals surface area contributed by atoms with E-state index in [9.17, 15) is 19.5 Å². The molecule has 0 radical (unpaired) electrons. The number of amides is 4. The number of imide groups is 2. The van der Waals surface area contributed by atoms with Crippen LogP contribution in [0.3, 0.4) is 0 Å². The number of rotatable bonds is 5. The maximum absolute atomic E-state index is 15.0. The Labute approximate surface area is 262 Å². The number of carbonyl (C=O) groups excluding carboxylic acids is 4. The molecular formula is C34H30BrN3O6. The Morgan fingerprint density at radius 3 is 2.43 bits per heavy atom. The topological polar surface area (TPSA) is 125 Å². The van der Waals surface area contributed by atoms with Crippen LogP contribution in [0.5, 0.6) is 11.5 Å². The van der Waals surface area contributed by atoms with E-state index in [-0.39, 0.29) is 29.7 Å². The van der Waals surface area contributed by atoms with E-state index in [4.69, 9.17) is 4.74 Å². The molecule has 0 aromatic heterocycles. The minimum atomic E-state index is -1.40. The van der Waals surface area contributed by atoms with Crippen molar-refractivity contribution in [2.45, 2.75) is 31.1 Å². The maximum atomic E-state index is 15.0. The van der Waals surface area contributed by atoms with Gasteiger partial charge in [-0.2, -0.15) is 5.01 Å². The van der Waals surface area contributed by atoms with Crippen molar-refractivity contribution in [2.24, 2.45) is 23.7 Å². The number of phenolic OH excluding ortho intramolecular Hbond substituents is 1. The lowest BCUT2D eigenvalue weighted by molar-refractivity contribution is -0.138. The Morgan fingerprint density at radius 1 is 1.00 bits per heavy atom. The van der Waals surface area contributed by atoms with Crippen LogP contribution >= 0.6 is 15.9 Å². The molecule has 2 aliphatic heterocycles. The van der Waals surface area contributed by atoms with Gasteiger partial charge in [0.25, 0.3) is 11.8 Å². The van der Waals surface area contributed by atoms with E-state index in [2.05, 4.69) is 26.7 Å². The second-order valence-electron chi connectivity index (χ2n) is 12.0. The second kappa shape index (κ2) is 10.3. The maximum Gasteiger partial charge on any atom is 0.260 e. The first-order valence-electron chi connectivity index (χ1n) is 14.5. The summed E-state index contributed by atoms with van der Waals surface area (Å²) in [6, 6.07) is 20.1. The Kier molecular flexibility index (Phi) is 6.65. The van der Waals surface area contributed by atoms with E-state index in [1.807, 2.05) is 67.6 Å². The molecule has 4 amide bonds. The smallest absolute Gasteiger partial charge is 0.260 e. The fourth-order valence-electron chi connectivity index (χ4n) is 7.95. The highest BCUT2D eigenvalue weighted by atomic mass is 79.9. The molecule has 3 fully saturated rings. The summed E-state index contributed by atoms with van der Waals surface area (Å²) in [5, 5.41) is 14.3. The molecule has 0 unspecified atom stereocenters. The number of phenols is 1. The number of methoxy groups -OCH3 is 1. The number of anilines is 1. The highest BCUT2D eigenvalue weighted by Crippen LogP contribution is 2.64. The number of fused-ring (bicyclic) bond motifs is 4. The van der Waals surface area contributed by atoms with Gasteiger partial charge in [-0.15, -0.1) is 0 Å². The number of benzene rings is 3. The summed E-state index contributed by atoms with van der Waals surface area (Å²) < 4.78 is 5.88. The summed E-state index contributed by atoms with van der Waals surface area (Å²) in [5.74, 6) is -4.58. The van der Waals surface area contributed by atoms with Gasteiger partial charge >= 0.3 is 0 Å². The van der Waals surface area contributed by atoms with Gasteiger partial charge < -0.3 is 9.84 Å². The van der Waals surface area contributed by atoms with E-state index >= 15 is 4.79 Å². The molecule has 3 N–H and O–H groups in total. The summed E-state index contributed by atoms with van der Waals surface area (Å²) in [4.78, 5) is 55.6. The Balaban J connectivity index is 1.49. The summed E-state index contributed by atoms with van der Waals surface area (Å²) in [5.41, 5.74) is 5.44. The van der Waals surface area contributed by atoms with Gasteiger partial charge in [0.1, 0.15) is 0 Å². The molecular weight excluding hydrogens is 626 g/mol. The molecule has 2 aliphatic carbocycles. The lowest BCUT2D eigenvalue weighted by atomic mass is 9.49. The summed E-state index contributed by atoms with van der Waals surface area (Å²) in [6.45, 7) is 1.95. The third-order valence-electron chi connectivity index (χ3n) is 9.84. The number of aryl methyl sites for hydroxylation is 1. The molecule has 6 atom stereocenters. The number of allylic oxidation sites excluding steroid dienone is 2. The van der Waals surface area contributed by atoms with Crippen LogP contribution in [0.2, 0.25) is 0 Å². The minimum absolute atomic E-state index is 0.0936. The fraction of sp³-hybridized carbons (Fsp3) is 0.294. The van der Waals surface area contributed by atoms with Gasteiger partial charge in [0, 0.05) is 5.92 Å². The van der Waals surface area contributed by atoms with E-state index in [0.717, 1.165) is 16.1 Å². The standard InChI is InChI=1S/C34H30BrN3O6/c1-17-8-10-20(11-9-17)37-38-32(42)24-16-23-21(12-13-22-27(23)31(41)36-30(22)40)28(18-14-25(35)29(39)26(15-18)44-2)34(24,33(38)43)19-6-4-3-5-7-19/h3-12,14-15,22-24,27-28,37,39H,13,16H2,1-2H3,(H,36,40,41)/t22-,23+,24-,27-,28-,34+/m0/s1. The van der Waals surface area contributed by atoms with Crippen molar-refractivity contribution in [1.29, 1.82) is 0 Å². The highest BCUT2D eigenvalue weighted by Gasteiger charge is 2.70.